The molecule has 0 aliphatic heterocycles. The second-order valence-corrected chi connectivity index (χ2v) is 8.65. The molecule has 190 valence electrons. The van der Waals surface area contributed by atoms with Gasteiger partial charge in [0, 0.05) is 50.7 Å². The molecule has 12 heteroatoms. The van der Waals surface area contributed by atoms with Crippen LogP contribution in [-0.2, 0) is 18.8 Å². The number of benzene rings is 1. The number of rotatable bonds is 6. The molecule has 4 aromatic heterocycles. The topological polar surface area (TPSA) is 113 Å². The predicted octanol–water partition coefficient (Wildman–Crippen LogP) is 4.15. The van der Waals surface area contributed by atoms with Crippen LogP contribution in [0.4, 0.5) is 16.2 Å². The summed E-state index contributed by atoms with van der Waals surface area (Å²) >= 11 is 0. The van der Waals surface area contributed by atoms with E-state index in [4.69, 9.17) is 4.74 Å². The molecule has 0 saturated carbocycles. The molecule has 0 unspecified atom stereocenters. The first kappa shape index (κ1) is 23.3. The van der Waals surface area contributed by atoms with Crippen LogP contribution in [0.1, 0.15) is 12.2 Å². The number of hydrogen-bond acceptors (Lipinski definition) is 8. The van der Waals surface area contributed by atoms with Gasteiger partial charge < -0.3 is 14.6 Å². The molecule has 6 rings (SSSR count). The molecule has 0 atom stereocenters. The lowest BCUT2D eigenvalue weighted by atomic mass is 10.0. The molecule has 0 fully saturated rings. The van der Waals surface area contributed by atoms with Gasteiger partial charge in [0.1, 0.15) is 22.9 Å². The fourth-order valence-electron chi connectivity index (χ4n) is 4.33. The number of imidazole rings is 1. The number of nitrogens with zero attached hydrogens (tertiary/aromatic N) is 9. The maximum Gasteiger partial charge on any atom is 0.228 e. The van der Waals surface area contributed by atoms with Crippen molar-refractivity contribution < 1.29 is 9.13 Å². The molecule has 11 nitrogen and oxygen atoms in total. The standard InChI is InChI=1S/C26H23FN10O/c1-35-13-12-28-25(35)24(17-5-7-22(38-3)18(27)14-17)37-21-6-4-16(15-20(21)33-34-37)19-8-10-29-26(31-19)32-23-9-11-30-36(23)2/h4-13,15H,14H2,1-3H3,(H,29,31,32). The third-order valence-electron chi connectivity index (χ3n) is 6.28. The van der Waals surface area contributed by atoms with Gasteiger partial charge in [-0.15, -0.1) is 5.10 Å². The van der Waals surface area contributed by atoms with Gasteiger partial charge in [-0.05, 0) is 29.8 Å². The van der Waals surface area contributed by atoms with Crippen LogP contribution in [0.25, 0.3) is 28.0 Å². The minimum Gasteiger partial charge on any atom is -0.494 e. The van der Waals surface area contributed by atoms with Crippen molar-refractivity contribution in [1.29, 1.82) is 0 Å². The molecular weight excluding hydrogens is 487 g/mol. The van der Waals surface area contributed by atoms with Crippen LogP contribution in [0.2, 0.25) is 0 Å². The van der Waals surface area contributed by atoms with Crippen molar-refractivity contribution in [2.75, 3.05) is 12.4 Å². The van der Waals surface area contributed by atoms with Crippen LogP contribution in [0.5, 0.6) is 0 Å². The smallest absolute Gasteiger partial charge is 0.228 e. The lowest BCUT2D eigenvalue weighted by Crippen LogP contribution is -2.11. The summed E-state index contributed by atoms with van der Waals surface area (Å²) in [6.07, 6.45) is 10.4. The number of ether oxygens (including phenoxy) is 1. The Kier molecular flexibility index (Phi) is 5.75. The summed E-state index contributed by atoms with van der Waals surface area (Å²) in [6, 6.07) is 9.45. The summed E-state index contributed by atoms with van der Waals surface area (Å²) in [5.74, 6) is 1.71. The van der Waals surface area contributed by atoms with Gasteiger partial charge in [0.15, 0.2) is 11.6 Å². The molecule has 0 radical (unpaired) electrons. The minimum atomic E-state index is -0.359. The van der Waals surface area contributed by atoms with Crippen molar-refractivity contribution in [1.82, 2.24) is 44.3 Å². The van der Waals surface area contributed by atoms with Crippen LogP contribution in [0.3, 0.4) is 0 Å². The van der Waals surface area contributed by atoms with Crippen molar-refractivity contribution in [2.24, 2.45) is 14.1 Å². The first-order chi connectivity index (χ1) is 18.5. The molecule has 0 bridgehead atoms. The Labute approximate surface area is 216 Å². The maximum atomic E-state index is 14.7. The minimum absolute atomic E-state index is 0.0503. The Morgan fingerprint density at radius 1 is 1.05 bits per heavy atom. The number of methoxy groups -OCH3 is 1. The van der Waals surface area contributed by atoms with E-state index in [-0.39, 0.29) is 18.0 Å². The molecule has 4 heterocycles. The zero-order chi connectivity index (χ0) is 26.2. The molecule has 1 aromatic carbocycles. The summed E-state index contributed by atoms with van der Waals surface area (Å²) in [6.45, 7) is 0. The Hall–Kier alpha value is -5.13. The fourth-order valence-corrected chi connectivity index (χ4v) is 4.33. The number of hydrogen-bond donors (Lipinski definition) is 1. The van der Waals surface area contributed by atoms with Crippen LogP contribution in [0, 0.1) is 0 Å². The van der Waals surface area contributed by atoms with Crippen molar-refractivity contribution in [3.05, 3.63) is 90.3 Å². The monoisotopic (exact) mass is 510 g/mol. The highest BCUT2D eigenvalue weighted by Gasteiger charge is 2.23. The van der Waals surface area contributed by atoms with Gasteiger partial charge in [0.2, 0.25) is 5.95 Å². The molecule has 0 amide bonds. The summed E-state index contributed by atoms with van der Waals surface area (Å²) in [5.41, 5.74) is 4.31. The number of allylic oxidation sites excluding steroid dienone is 4. The van der Waals surface area contributed by atoms with Crippen LogP contribution < -0.4 is 5.32 Å². The SMILES string of the molecule is COC1=C(F)CC(=C(c2nccn2C)n2nnc3cc(-c4ccnc(Nc5ccnn5C)n4)ccc32)C=C1. The van der Waals surface area contributed by atoms with Crippen molar-refractivity contribution >= 4 is 28.5 Å². The van der Waals surface area contributed by atoms with Crippen LogP contribution in [-0.4, -0.2) is 51.4 Å². The van der Waals surface area contributed by atoms with Crippen LogP contribution in [0.15, 0.2) is 84.4 Å². The van der Waals surface area contributed by atoms with Gasteiger partial charge in [0.25, 0.3) is 0 Å². The van der Waals surface area contributed by atoms with E-state index in [1.54, 1.807) is 34.0 Å². The number of anilines is 2. The fraction of sp³-hybridized carbons (Fsp3) is 0.154. The van der Waals surface area contributed by atoms with E-state index in [0.717, 1.165) is 22.6 Å². The first-order valence-electron chi connectivity index (χ1n) is 11.8. The Balaban J connectivity index is 1.40. The molecule has 1 aliphatic carbocycles. The van der Waals surface area contributed by atoms with Crippen molar-refractivity contribution in [3.8, 4) is 11.3 Å². The number of aryl methyl sites for hydroxylation is 2. The molecule has 38 heavy (non-hydrogen) atoms. The summed E-state index contributed by atoms with van der Waals surface area (Å²) < 4.78 is 25.1. The lowest BCUT2D eigenvalue weighted by Gasteiger charge is -2.16. The quantitative estimate of drug-likeness (QED) is 0.363. The average Bonchev–Trinajstić information content (AvgIpc) is 3.65. The third-order valence-corrected chi connectivity index (χ3v) is 6.28. The van der Waals surface area contributed by atoms with E-state index in [2.05, 4.69) is 35.7 Å². The molecular formula is C26H23FN10O. The summed E-state index contributed by atoms with van der Waals surface area (Å²) in [5, 5.41) is 16.2. The van der Waals surface area contributed by atoms with Gasteiger partial charge in [-0.3, -0.25) is 4.68 Å². The normalized spacial score (nSPS) is 14.8. The van der Waals surface area contributed by atoms with Gasteiger partial charge in [-0.1, -0.05) is 17.4 Å². The predicted molar refractivity (Wildman–Crippen MR) is 139 cm³/mol. The van der Waals surface area contributed by atoms with E-state index >= 15 is 0 Å². The third kappa shape index (κ3) is 4.11. The zero-order valence-electron chi connectivity index (χ0n) is 20.9. The number of aromatic nitrogens is 9. The molecule has 5 aromatic rings. The second kappa shape index (κ2) is 9.39. The van der Waals surface area contributed by atoms with Gasteiger partial charge in [-0.25, -0.2) is 24.0 Å². The number of nitrogens with one attached hydrogen (secondary N) is 1. The van der Waals surface area contributed by atoms with Crippen molar-refractivity contribution in [3.63, 3.8) is 0 Å². The van der Waals surface area contributed by atoms with E-state index < -0.39 is 0 Å². The highest BCUT2D eigenvalue weighted by Crippen LogP contribution is 2.33. The maximum absolute atomic E-state index is 14.7. The average molecular weight is 511 g/mol. The molecule has 1 aliphatic rings. The van der Waals surface area contributed by atoms with Gasteiger partial charge in [-0.2, -0.15) is 5.10 Å². The highest BCUT2D eigenvalue weighted by atomic mass is 19.1. The summed E-state index contributed by atoms with van der Waals surface area (Å²) in [7, 11) is 5.17. The van der Waals surface area contributed by atoms with E-state index in [1.807, 2.05) is 61.3 Å². The lowest BCUT2D eigenvalue weighted by molar-refractivity contribution is 0.287. The second-order valence-electron chi connectivity index (χ2n) is 8.65. The Morgan fingerprint density at radius 3 is 2.68 bits per heavy atom. The van der Waals surface area contributed by atoms with E-state index in [1.165, 1.54) is 7.11 Å². The molecule has 0 spiro atoms. The molecule has 0 saturated heterocycles. The van der Waals surface area contributed by atoms with Gasteiger partial charge in [0.05, 0.1) is 24.5 Å². The molecule has 1 N–H and O–H groups in total. The Bertz CT molecular complexity index is 1760. The van der Waals surface area contributed by atoms with Gasteiger partial charge >= 0.3 is 0 Å². The Morgan fingerprint density at radius 2 is 1.95 bits per heavy atom. The number of halogens is 1. The highest BCUT2D eigenvalue weighted by molar-refractivity contribution is 5.85. The summed E-state index contributed by atoms with van der Waals surface area (Å²) in [4.78, 5) is 13.5. The largest absolute Gasteiger partial charge is 0.494 e. The number of fused-ring (bicyclic) bond motifs is 1. The van der Waals surface area contributed by atoms with E-state index in [0.29, 0.717) is 28.6 Å². The van der Waals surface area contributed by atoms with E-state index in [9.17, 15) is 4.39 Å². The van der Waals surface area contributed by atoms with Crippen LogP contribution >= 0.6 is 0 Å². The van der Waals surface area contributed by atoms with Crippen molar-refractivity contribution in [2.45, 2.75) is 6.42 Å². The zero-order valence-corrected chi connectivity index (χ0v) is 20.9. The first-order valence-corrected chi connectivity index (χ1v) is 11.8.